The molecule has 0 aliphatic carbocycles. The Morgan fingerprint density at radius 3 is 2.57 bits per heavy atom. The molecule has 154 valence electrons. The van der Waals surface area contributed by atoms with Crippen LogP contribution in [0.1, 0.15) is 44.2 Å². The van der Waals surface area contributed by atoms with Crippen LogP contribution in [0.2, 0.25) is 0 Å². The van der Waals surface area contributed by atoms with Gasteiger partial charge in [0.1, 0.15) is 11.5 Å². The highest BCUT2D eigenvalue weighted by Crippen LogP contribution is 2.39. The highest BCUT2D eigenvalue weighted by atomic mass is 16.5. The van der Waals surface area contributed by atoms with Crippen LogP contribution in [0.5, 0.6) is 11.5 Å². The number of nitrogens with zero attached hydrogens (tertiary/aromatic N) is 2. The van der Waals surface area contributed by atoms with Gasteiger partial charge in [-0.25, -0.2) is 4.79 Å². The number of benzene rings is 1. The number of carbonyl (C=O) groups excluding carboxylic acids is 1. The molecule has 0 saturated carbocycles. The van der Waals surface area contributed by atoms with Crippen LogP contribution in [0, 0.1) is 0 Å². The van der Waals surface area contributed by atoms with Crippen molar-refractivity contribution in [1.29, 1.82) is 0 Å². The number of amides is 2. The Bertz CT molecular complexity index is 698. The lowest BCUT2D eigenvalue weighted by Crippen LogP contribution is -2.49. The zero-order valence-corrected chi connectivity index (χ0v) is 17.4. The van der Waals surface area contributed by atoms with Crippen molar-refractivity contribution in [2.45, 2.75) is 44.7 Å². The SMILES string of the molecule is C=C(C)CN1CCC(NC(=O)N2CCCC2c2cc(OC)ccc2OC)CC1. The molecular formula is C22H33N3O3. The number of urea groups is 1. The van der Waals surface area contributed by atoms with Gasteiger partial charge in [-0.2, -0.15) is 0 Å². The van der Waals surface area contributed by atoms with Gasteiger partial charge in [0.15, 0.2) is 0 Å². The van der Waals surface area contributed by atoms with E-state index in [9.17, 15) is 4.79 Å². The fraction of sp³-hybridized carbons (Fsp3) is 0.591. The quantitative estimate of drug-likeness (QED) is 0.758. The van der Waals surface area contributed by atoms with Crippen molar-refractivity contribution < 1.29 is 14.3 Å². The van der Waals surface area contributed by atoms with E-state index < -0.39 is 0 Å². The van der Waals surface area contributed by atoms with Gasteiger partial charge < -0.3 is 19.7 Å². The molecule has 0 aromatic heterocycles. The van der Waals surface area contributed by atoms with Gasteiger partial charge in [0.25, 0.3) is 0 Å². The summed E-state index contributed by atoms with van der Waals surface area (Å²) in [4.78, 5) is 17.4. The molecule has 0 radical (unpaired) electrons. The average Bonchev–Trinajstić information content (AvgIpc) is 3.18. The number of piperidine rings is 1. The molecule has 2 aliphatic heterocycles. The normalized spacial score (nSPS) is 20.8. The highest BCUT2D eigenvalue weighted by molar-refractivity contribution is 5.75. The molecule has 2 aliphatic rings. The molecule has 0 bridgehead atoms. The third-order valence-corrected chi connectivity index (χ3v) is 5.72. The molecule has 3 rings (SSSR count). The van der Waals surface area contributed by atoms with Crippen LogP contribution in [0.25, 0.3) is 0 Å². The molecule has 1 aromatic carbocycles. The van der Waals surface area contributed by atoms with Crippen molar-refractivity contribution >= 4 is 6.03 Å². The number of carbonyl (C=O) groups is 1. The van der Waals surface area contributed by atoms with Gasteiger partial charge in [-0.15, -0.1) is 0 Å². The lowest BCUT2D eigenvalue weighted by Gasteiger charge is -2.34. The molecule has 1 N–H and O–H groups in total. The number of hydrogen-bond donors (Lipinski definition) is 1. The summed E-state index contributed by atoms with van der Waals surface area (Å²) in [5.41, 5.74) is 2.21. The van der Waals surface area contributed by atoms with Crippen molar-refractivity contribution in [2.75, 3.05) is 40.4 Å². The lowest BCUT2D eigenvalue weighted by atomic mass is 10.0. The third-order valence-electron chi connectivity index (χ3n) is 5.72. The monoisotopic (exact) mass is 387 g/mol. The van der Waals surface area contributed by atoms with Gasteiger partial charge >= 0.3 is 6.03 Å². The maximum absolute atomic E-state index is 13.0. The average molecular weight is 388 g/mol. The lowest BCUT2D eigenvalue weighted by molar-refractivity contribution is 0.172. The van der Waals surface area contributed by atoms with Gasteiger partial charge in [0, 0.05) is 37.8 Å². The number of likely N-dealkylation sites (tertiary alicyclic amines) is 2. The van der Waals surface area contributed by atoms with Crippen LogP contribution < -0.4 is 14.8 Å². The zero-order chi connectivity index (χ0) is 20.1. The fourth-order valence-electron chi connectivity index (χ4n) is 4.31. The second-order valence-electron chi connectivity index (χ2n) is 7.92. The first-order valence-electron chi connectivity index (χ1n) is 10.2. The molecule has 2 saturated heterocycles. The number of nitrogens with one attached hydrogen (secondary N) is 1. The van der Waals surface area contributed by atoms with Gasteiger partial charge in [0.2, 0.25) is 0 Å². The molecule has 28 heavy (non-hydrogen) atoms. The summed E-state index contributed by atoms with van der Waals surface area (Å²) >= 11 is 0. The second-order valence-corrected chi connectivity index (χ2v) is 7.92. The summed E-state index contributed by atoms with van der Waals surface area (Å²) in [5, 5.41) is 3.27. The van der Waals surface area contributed by atoms with E-state index in [1.54, 1.807) is 14.2 Å². The molecular weight excluding hydrogens is 354 g/mol. The fourth-order valence-corrected chi connectivity index (χ4v) is 4.31. The summed E-state index contributed by atoms with van der Waals surface area (Å²) < 4.78 is 10.9. The molecule has 6 heteroatoms. The minimum atomic E-state index is 0.0218. The van der Waals surface area contributed by atoms with Crippen molar-refractivity contribution in [2.24, 2.45) is 0 Å². The Morgan fingerprint density at radius 2 is 1.93 bits per heavy atom. The Labute approximate surface area is 168 Å². The molecule has 2 amide bonds. The van der Waals surface area contributed by atoms with E-state index in [0.29, 0.717) is 0 Å². The Balaban J connectivity index is 1.63. The van der Waals surface area contributed by atoms with Crippen molar-refractivity contribution in [3.05, 3.63) is 35.9 Å². The molecule has 0 spiro atoms. The van der Waals surface area contributed by atoms with E-state index in [4.69, 9.17) is 9.47 Å². The van der Waals surface area contributed by atoms with Crippen LogP contribution in [0.15, 0.2) is 30.4 Å². The first-order valence-corrected chi connectivity index (χ1v) is 10.2. The first-order chi connectivity index (χ1) is 13.5. The summed E-state index contributed by atoms with van der Waals surface area (Å²) in [6.07, 6.45) is 3.91. The molecule has 1 unspecified atom stereocenters. The maximum atomic E-state index is 13.0. The summed E-state index contributed by atoms with van der Waals surface area (Å²) in [6, 6.07) is 6.09. The Hall–Kier alpha value is -2.21. The Morgan fingerprint density at radius 1 is 1.18 bits per heavy atom. The summed E-state index contributed by atoms with van der Waals surface area (Å²) in [7, 11) is 3.33. The zero-order valence-electron chi connectivity index (χ0n) is 17.4. The number of methoxy groups -OCH3 is 2. The topological polar surface area (TPSA) is 54.0 Å². The maximum Gasteiger partial charge on any atom is 0.318 e. The molecule has 2 heterocycles. The minimum Gasteiger partial charge on any atom is -0.497 e. The standard InChI is InChI=1S/C22H33N3O3/c1-16(2)15-24-12-9-17(10-13-24)23-22(26)25-11-5-6-20(25)19-14-18(27-3)7-8-21(19)28-4/h7-8,14,17,20H,1,5-6,9-13,15H2,2-4H3,(H,23,26). The Kier molecular flexibility index (Phi) is 6.83. The number of rotatable bonds is 6. The van der Waals surface area contributed by atoms with Crippen LogP contribution in [0.4, 0.5) is 4.79 Å². The van der Waals surface area contributed by atoms with E-state index in [1.807, 2.05) is 23.1 Å². The molecule has 2 fully saturated rings. The molecule has 1 aromatic rings. The minimum absolute atomic E-state index is 0.0218. The van der Waals surface area contributed by atoms with Crippen molar-refractivity contribution in [3.8, 4) is 11.5 Å². The largest absolute Gasteiger partial charge is 0.497 e. The van der Waals surface area contributed by atoms with Crippen molar-refractivity contribution in [1.82, 2.24) is 15.1 Å². The number of hydrogen-bond acceptors (Lipinski definition) is 4. The summed E-state index contributed by atoms with van der Waals surface area (Å²) in [6.45, 7) is 9.79. The van der Waals surface area contributed by atoms with E-state index in [1.165, 1.54) is 5.57 Å². The van der Waals surface area contributed by atoms with Gasteiger partial charge in [0.05, 0.1) is 20.3 Å². The van der Waals surface area contributed by atoms with Gasteiger partial charge in [-0.1, -0.05) is 12.2 Å². The van der Waals surface area contributed by atoms with Gasteiger partial charge in [-0.05, 0) is 50.8 Å². The van der Waals surface area contributed by atoms with E-state index in [0.717, 1.165) is 68.9 Å². The van der Waals surface area contributed by atoms with Gasteiger partial charge in [-0.3, -0.25) is 4.90 Å². The highest BCUT2D eigenvalue weighted by Gasteiger charge is 2.33. The molecule has 1 atom stereocenters. The van der Waals surface area contributed by atoms with Crippen LogP contribution in [-0.2, 0) is 0 Å². The third kappa shape index (κ3) is 4.79. The second kappa shape index (κ2) is 9.32. The summed E-state index contributed by atoms with van der Waals surface area (Å²) in [5.74, 6) is 1.59. The van der Waals surface area contributed by atoms with Crippen LogP contribution in [-0.4, -0.2) is 62.3 Å². The van der Waals surface area contributed by atoms with E-state index in [2.05, 4.69) is 23.7 Å². The number of ether oxygens (including phenoxy) is 2. The smallest absolute Gasteiger partial charge is 0.318 e. The first kappa shape index (κ1) is 20.5. The predicted octanol–water partition coefficient (Wildman–Crippen LogP) is 3.59. The van der Waals surface area contributed by atoms with E-state index >= 15 is 0 Å². The predicted molar refractivity (Wildman–Crippen MR) is 111 cm³/mol. The van der Waals surface area contributed by atoms with Crippen LogP contribution in [0.3, 0.4) is 0 Å². The van der Waals surface area contributed by atoms with Crippen LogP contribution >= 0.6 is 0 Å². The molecule has 6 nitrogen and oxygen atoms in total. The van der Waals surface area contributed by atoms with E-state index in [-0.39, 0.29) is 18.1 Å². The van der Waals surface area contributed by atoms with Crippen molar-refractivity contribution in [3.63, 3.8) is 0 Å².